The molecular formula is C13H18ClN3O. The molecule has 5 heteroatoms. The van der Waals surface area contributed by atoms with Crippen LogP contribution in [0.15, 0.2) is 18.3 Å². The van der Waals surface area contributed by atoms with Gasteiger partial charge in [-0.2, -0.15) is 0 Å². The number of pyridine rings is 1. The standard InChI is InChI=1S/C13H18ClN3O/c1-15-7-10-3-2-6-17(9-10)13(18)12-5-4-11(14)8-16-12/h4-5,8,10,15H,2-3,6-7,9H2,1H3. The number of nitrogens with one attached hydrogen (secondary N) is 1. The highest BCUT2D eigenvalue weighted by Crippen LogP contribution is 2.18. The fraction of sp³-hybridized carbons (Fsp3) is 0.538. The van der Waals surface area contributed by atoms with E-state index in [9.17, 15) is 4.79 Å². The van der Waals surface area contributed by atoms with Gasteiger partial charge < -0.3 is 10.2 Å². The van der Waals surface area contributed by atoms with Crippen molar-refractivity contribution in [2.75, 3.05) is 26.7 Å². The van der Waals surface area contributed by atoms with Crippen LogP contribution in [0.1, 0.15) is 23.3 Å². The summed E-state index contributed by atoms with van der Waals surface area (Å²) < 4.78 is 0. The first-order valence-corrected chi connectivity index (χ1v) is 6.64. The van der Waals surface area contributed by atoms with Gasteiger partial charge in [-0.1, -0.05) is 11.6 Å². The maximum Gasteiger partial charge on any atom is 0.272 e. The van der Waals surface area contributed by atoms with E-state index in [2.05, 4.69) is 10.3 Å². The van der Waals surface area contributed by atoms with Gasteiger partial charge in [0.1, 0.15) is 5.69 Å². The minimum atomic E-state index is 0.00692. The van der Waals surface area contributed by atoms with Crippen molar-refractivity contribution in [2.24, 2.45) is 5.92 Å². The molecule has 0 spiro atoms. The van der Waals surface area contributed by atoms with Gasteiger partial charge in [-0.05, 0) is 44.5 Å². The largest absolute Gasteiger partial charge is 0.337 e. The normalized spacial score (nSPS) is 19.9. The van der Waals surface area contributed by atoms with Crippen LogP contribution in [-0.4, -0.2) is 42.5 Å². The van der Waals surface area contributed by atoms with E-state index in [-0.39, 0.29) is 5.91 Å². The number of hydrogen-bond donors (Lipinski definition) is 1. The van der Waals surface area contributed by atoms with Crippen molar-refractivity contribution in [2.45, 2.75) is 12.8 Å². The smallest absolute Gasteiger partial charge is 0.272 e. The number of amides is 1. The Morgan fingerprint density at radius 2 is 2.44 bits per heavy atom. The minimum Gasteiger partial charge on any atom is -0.337 e. The van der Waals surface area contributed by atoms with Crippen LogP contribution in [0.5, 0.6) is 0 Å². The zero-order valence-electron chi connectivity index (χ0n) is 10.5. The fourth-order valence-electron chi connectivity index (χ4n) is 2.37. The van der Waals surface area contributed by atoms with Crippen LogP contribution in [0.3, 0.4) is 0 Å². The highest BCUT2D eigenvalue weighted by molar-refractivity contribution is 6.30. The number of halogens is 1. The lowest BCUT2D eigenvalue weighted by atomic mass is 9.98. The lowest BCUT2D eigenvalue weighted by molar-refractivity contribution is 0.0668. The molecule has 1 aliphatic rings. The SMILES string of the molecule is CNCC1CCCN(C(=O)c2ccc(Cl)cn2)C1. The van der Waals surface area contributed by atoms with Crippen molar-refractivity contribution < 1.29 is 4.79 Å². The van der Waals surface area contributed by atoms with Crippen LogP contribution in [0.2, 0.25) is 5.02 Å². The number of carbonyl (C=O) groups is 1. The second-order valence-corrected chi connectivity index (χ2v) is 5.12. The van der Waals surface area contributed by atoms with E-state index in [1.165, 1.54) is 12.6 Å². The third kappa shape index (κ3) is 3.21. The Morgan fingerprint density at radius 3 is 3.11 bits per heavy atom. The van der Waals surface area contributed by atoms with Gasteiger partial charge in [-0.15, -0.1) is 0 Å². The average molecular weight is 268 g/mol. The number of nitrogens with zero attached hydrogens (tertiary/aromatic N) is 2. The molecule has 0 aromatic carbocycles. The predicted molar refractivity (Wildman–Crippen MR) is 71.8 cm³/mol. The average Bonchev–Trinajstić information content (AvgIpc) is 2.39. The van der Waals surface area contributed by atoms with Crippen molar-refractivity contribution >= 4 is 17.5 Å². The Labute approximate surface area is 112 Å². The summed E-state index contributed by atoms with van der Waals surface area (Å²) in [4.78, 5) is 18.2. The molecule has 1 amide bonds. The number of likely N-dealkylation sites (tertiary alicyclic amines) is 1. The van der Waals surface area contributed by atoms with Crippen LogP contribution in [0.25, 0.3) is 0 Å². The molecule has 0 saturated carbocycles. The second-order valence-electron chi connectivity index (χ2n) is 4.68. The molecule has 1 fully saturated rings. The van der Waals surface area contributed by atoms with E-state index in [1.807, 2.05) is 11.9 Å². The van der Waals surface area contributed by atoms with E-state index in [0.29, 0.717) is 16.6 Å². The molecule has 0 bridgehead atoms. The van der Waals surface area contributed by atoms with Gasteiger partial charge in [-0.3, -0.25) is 4.79 Å². The molecule has 0 radical (unpaired) electrons. The fourth-order valence-corrected chi connectivity index (χ4v) is 2.48. The van der Waals surface area contributed by atoms with Crippen molar-refractivity contribution in [3.63, 3.8) is 0 Å². The molecule has 1 atom stereocenters. The van der Waals surface area contributed by atoms with E-state index in [0.717, 1.165) is 26.1 Å². The van der Waals surface area contributed by atoms with Crippen molar-refractivity contribution in [1.82, 2.24) is 15.2 Å². The number of hydrogen-bond acceptors (Lipinski definition) is 3. The molecule has 18 heavy (non-hydrogen) atoms. The summed E-state index contributed by atoms with van der Waals surface area (Å²) >= 11 is 5.77. The second kappa shape index (κ2) is 6.16. The predicted octanol–water partition coefficient (Wildman–Crippen LogP) is 1.81. The van der Waals surface area contributed by atoms with Crippen LogP contribution < -0.4 is 5.32 Å². The number of aromatic nitrogens is 1. The molecule has 1 aromatic heterocycles. The molecule has 2 heterocycles. The Kier molecular flexibility index (Phi) is 4.55. The van der Waals surface area contributed by atoms with Crippen molar-refractivity contribution in [1.29, 1.82) is 0 Å². The van der Waals surface area contributed by atoms with Gasteiger partial charge >= 0.3 is 0 Å². The minimum absolute atomic E-state index is 0.00692. The molecule has 1 N–H and O–H groups in total. The van der Waals surface area contributed by atoms with Crippen molar-refractivity contribution in [3.8, 4) is 0 Å². The van der Waals surface area contributed by atoms with E-state index >= 15 is 0 Å². The summed E-state index contributed by atoms with van der Waals surface area (Å²) in [6, 6.07) is 3.39. The number of carbonyl (C=O) groups excluding carboxylic acids is 1. The Bertz CT molecular complexity index is 405. The lowest BCUT2D eigenvalue weighted by Crippen LogP contribution is -2.42. The molecule has 2 rings (SSSR count). The molecular weight excluding hydrogens is 250 g/mol. The maximum absolute atomic E-state index is 12.3. The zero-order valence-corrected chi connectivity index (χ0v) is 11.3. The van der Waals surface area contributed by atoms with Crippen LogP contribution >= 0.6 is 11.6 Å². The van der Waals surface area contributed by atoms with Crippen LogP contribution in [0.4, 0.5) is 0 Å². The molecule has 1 aromatic rings. The maximum atomic E-state index is 12.3. The molecule has 1 aliphatic heterocycles. The first-order valence-electron chi connectivity index (χ1n) is 6.26. The molecule has 4 nitrogen and oxygen atoms in total. The Balaban J connectivity index is 2.02. The van der Waals surface area contributed by atoms with Gasteiger partial charge in [0.25, 0.3) is 5.91 Å². The summed E-state index contributed by atoms with van der Waals surface area (Å²) in [6.45, 7) is 2.59. The van der Waals surface area contributed by atoms with E-state index < -0.39 is 0 Å². The summed E-state index contributed by atoms with van der Waals surface area (Å²) in [5.41, 5.74) is 0.476. The van der Waals surface area contributed by atoms with Gasteiger partial charge in [0.2, 0.25) is 0 Å². The van der Waals surface area contributed by atoms with E-state index in [4.69, 9.17) is 11.6 Å². The van der Waals surface area contributed by atoms with Crippen molar-refractivity contribution in [3.05, 3.63) is 29.0 Å². The van der Waals surface area contributed by atoms with Crippen LogP contribution in [-0.2, 0) is 0 Å². The Morgan fingerprint density at radius 1 is 1.61 bits per heavy atom. The highest BCUT2D eigenvalue weighted by atomic mass is 35.5. The monoisotopic (exact) mass is 267 g/mol. The molecule has 0 aliphatic carbocycles. The number of rotatable bonds is 3. The zero-order chi connectivity index (χ0) is 13.0. The third-order valence-corrected chi connectivity index (χ3v) is 3.47. The van der Waals surface area contributed by atoms with Crippen LogP contribution in [0, 0.1) is 5.92 Å². The summed E-state index contributed by atoms with van der Waals surface area (Å²) in [5, 5.41) is 3.73. The topological polar surface area (TPSA) is 45.2 Å². The molecule has 1 unspecified atom stereocenters. The first kappa shape index (κ1) is 13.3. The Hall–Kier alpha value is -1.13. The quantitative estimate of drug-likeness (QED) is 0.908. The molecule has 98 valence electrons. The third-order valence-electron chi connectivity index (χ3n) is 3.25. The molecule has 1 saturated heterocycles. The summed E-state index contributed by atoms with van der Waals surface area (Å²) in [6.07, 6.45) is 3.76. The highest BCUT2D eigenvalue weighted by Gasteiger charge is 2.24. The van der Waals surface area contributed by atoms with E-state index in [1.54, 1.807) is 12.1 Å². The lowest BCUT2D eigenvalue weighted by Gasteiger charge is -2.32. The van der Waals surface area contributed by atoms with Gasteiger partial charge in [0, 0.05) is 19.3 Å². The first-order chi connectivity index (χ1) is 8.70. The van der Waals surface area contributed by atoms with Gasteiger partial charge in [-0.25, -0.2) is 4.98 Å². The number of piperidine rings is 1. The summed E-state index contributed by atoms with van der Waals surface area (Å²) in [7, 11) is 1.95. The summed E-state index contributed by atoms with van der Waals surface area (Å²) in [5.74, 6) is 0.549. The van der Waals surface area contributed by atoms with Gasteiger partial charge in [0.05, 0.1) is 5.02 Å². The van der Waals surface area contributed by atoms with Gasteiger partial charge in [0.15, 0.2) is 0 Å².